The number of likely N-dealkylation sites (tertiary alicyclic amines) is 1. The van der Waals surface area contributed by atoms with E-state index in [1.54, 1.807) is 19.9 Å². The highest BCUT2D eigenvalue weighted by Gasteiger charge is 2.40. The Labute approximate surface area is 134 Å². The molecule has 1 saturated heterocycles. The molecule has 3 rings (SSSR count). The van der Waals surface area contributed by atoms with Gasteiger partial charge in [-0.05, 0) is 24.1 Å². The molecule has 1 amide bonds. The van der Waals surface area contributed by atoms with Crippen molar-refractivity contribution in [3.05, 3.63) is 29.1 Å². The summed E-state index contributed by atoms with van der Waals surface area (Å²) in [6.07, 6.45) is 0.754. The highest BCUT2D eigenvalue weighted by Crippen LogP contribution is 2.38. The van der Waals surface area contributed by atoms with Crippen molar-refractivity contribution in [3.63, 3.8) is 0 Å². The van der Waals surface area contributed by atoms with Crippen LogP contribution in [0, 0.1) is 11.7 Å². The summed E-state index contributed by atoms with van der Waals surface area (Å²) in [4.78, 5) is 25.4. The molecule has 5 nitrogen and oxygen atoms in total. The van der Waals surface area contributed by atoms with Crippen molar-refractivity contribution >= 4 is 11.9 Å². The van der Waals surface area contributed by atoms with Crippen molar-refractivity contribution in [2.75, 3.05) is 26.3 Å². The number of halogens is 1. The van der Waals surface area contributed by atoms with E-state index in [0.717, 1.165) is 12.0 Å². The maximum absolute atomic E-state index is 14.4. The van der Waals surface area contributed by atoms with Crippen molar-refractivity contribution < 1.29 is 23.5 Å². The Morgan fingerprint density at radius 3 is 3.00 bits per heavy atom. The molecule has 124 valence electrons. The SMILES string of the molecule is CCOC(=O)CN1C[C@@H](c2cc3c(cc2F)OCC3)[C@H](C)C1=O. The molecule has 0 unspecified atom stereocenters. The normalized spacial score (nSPS) is 22.9. The monoisotopic (exact) mass is 321 g/mol. The first-order valence-electron chi connectivity index (χ1n) is 7.90. The Morgan fingerprint density at radius 2 is 2.26 bits per heavy atom. The van der Waals surface area contributed by atoms with Crippen molar-refractivity contribution in [3.8, 4) is 5.75 Å². The third-order valence-corrected chi connectivity index (χ3v) is 4.56. The molecule has 1 aromatic rings. The van der Waals surface area contributed by atoms with Gasteiger partial charge in [0.15, 0.2) is 0 Å². The minimum atomic E-state index is -0.434. The van der Waals surface area contributed by atoms with E-state index < -0.39 is 5.97 Å². The van der Waals surface area contributed by atoms with Gasteiger partial charge in [-0.2, -0.15) is 0 Å². The number of ether oxygens (including phenoxy) is 2. The number of carbonyl (C=O) groups is 2. The lowest BCUT2D eigenvalue weighted by molar-refractivity contribution is -0.148. The maximum Gasteiger partial charge on any atom is 0.325 e. The third-order valence-electron chi connectivity index (χ3n) is 4.56. The molecule has 23 heavy (non-hydrogen) atoms. The fraction of sp³-hybridized carbons (Fsp3) is 0.529. The van der Waals surface area contributed by atoms with Crippen molar-refractivity contribution in [1.82, 2.24) is 4.90 Å². The molecular weight excluding hydrogens is 301 g/mol. The number of esters is 1. The van der Waals surface area contributed by atoms with Crippen LogP contribution in [0.3, 0.4) is 0 Å². The fourth-order valence-corrected chi connectivity index (χ4v) is 3.32. The van der Waals surface area contributed by atoms with Crippen LogP contribution in [0.4, 0.5) is 4.39 Å². The smallest absolute Gasteiger partial charge is 0.325 e. The Hall–Kier alpha value is -2.11. The Bertz CT molecular complexity index is 646. The summed E-state index contributed by atoms with van der Waals surface area (Å²) in [6, 6.07) is 3.21. The van der Waals surface area contributed by atoms with Crippen LogP contribution in [0.25, 0.3) is 0 Å². The van der Waals surface area contributed by atoms with Gasteiger partial charge in [-0.1, -0.05) is 6.92 Å². The number of rotatable bonds is 4. The second-order valence-electron chi connectivity index (χ2n) is 6.00. The number of hydrogen-bond acceptors (Lipinski definition) is 4. The summed E-state index contributed by atoms with van der Waals surface area (Å²) in [5, 5.41) is 0. The van der Waals surface area contributed by atoms with E-state index in [2.05, 4.69) is 0 Å². The minimum absolute atomic E-state index is 0.0802. The number of carbonyl (C=O) groups excluding carboxylic acids is 2. The quantitative estimate of drug-likeness (QED) is 0.795. The summed E-state index contributed by atoms with van der Waals surface area (Å²) >= 11 is 0. The third kappa shape index (κ3) is 2.90. The van der Waals surface area contributed by atoms with E-state index in [4.69, 9.17) is 9.47 Å². The van der Waals surface area contributed by atoms with Crippen molar-refractivity contribution in [1.29, 1.82) is 0 Å². The predicted octanol–water partition coefficient (Wildman–Crippen LogP) is 1.89. The molecular formula is C17H20FNO4. The standard InChI is InChI=1S/C17H20FNO4/c1-3-22-16(20)9-19-8-13(10(2)17(19)21)12-6-11-4-5-23-15(11)7-14(12)18/h6-7,10,13H,3-5,8-9H2,1-2H3/t10-,13+/m0/s1. The highest BCUT2D eigenvalue weighted by molar-refractivity contribution is 5.86. The first kappa shape index (κ1) is 15.8. The molecule has 0 saturated carbocycles. The van der Waals surface area contributed by atoms with Gasteiger partial charge in [0.2, 0.25) is 5.91 Å². The molecule has 1 fully saturated rings. The van der Waals surface area contributed by atoms with E-state index in [9.17, 15) is 14.0 Å². The lowest BCUT2D eigenvalue weighted by Crippen LogP contribution is -2.33. The molecule has 0 N–H and O–H groups in total. The van der Waals surface area contributed by atoms with Gasteiger partial charge in [-0.15, -0.1) is 0 Å². The second-order valence-corrected chi connectivity index (χ2v) is 6.00. The Kier molecular flexibility index (Phi) is 4.24. The van der Waals surface area contributed by atoms with Crippen LogP contribution in [-0.4, -0.2) is 43.1 Å². The molecule has 0 aromatic heterocycles. The number of nitrogens with zero attached hydrogens (tertiary/aromatic N) is 1. The average Bonchev–Trinajstić information content (AvgIpc) is 3.06. The zero-order valence-electron chi connectivity index (χ0n) is 13.3. The molecule has 0 aliphatic carbocycles. The van der Waals surface area contributed by atoms with E-state index in [-0.39, 0.29) is 36.7 Å². The number of amides is 1. The van der Waals surface area contributed by atoms with Crippen LogP contribution < -0.4 is 4.74 Å². The van der Waals surface area contributed by atoms with E-state index in [0.29, 0.717) is 24.5 Å². The van der Waals surface area contributed by atoms with Crippen LogP contribution in [0.2, 0.25) is 0 Å². The molecule has 0 radical (unpaired) electrons. The van der Waals surface area contributed by atoms with Gasteiger partial charge in [0.05, 0.1) is 13.2 Å². The maximum atomic E-state index is 14.4. The Balaban J connectivity index is 1.81. The molecule has 0 spiro atoms. The summed E-state index contributed by atoms with van der Waals surface area (Å²) in [7, 11) is 0. The van der Waals surface area contributed by atoms with Crippen LogP contribution in [-0.2, 0) is 20.7 Å². The first-order valence-corrected chi connectivity index (χ1v) is 7.90. The molecule has 6 heteroatoms. The number of benzene rings is 1. The zero-order valence-corrected chi connectivity index (χ0v) is 13.3. The molecule has 0 bridgehead atoms. The van der Waals surface area contributed by atoms with Gasteiger partial charge in [-0.3, -0.25) is 9.59 Å². The molecule has 2 heterocycles. The van der Waals surface area contributed by atoms with Gasteiger partial charge in [0.1, 0.15) is 18.1 Å². The fourth-order valence-electron chi connectivity index (χ4n) is 3.32. The lowest BCUT2D eigenvalue weighted by atomic mass is 9.88. The van der Waals surface area contributed by atoms with Crippen molar-refractivity contribution in [2.45, 2.75) is 26.2 Å². The van der Waals surface area contributed by atoms with Crippen LogP contribution in [0.15, 0.2) is 12.1 Å². The van der Waals surface area contributed by atoms with Crippen molar-refractivity contribution in [2.24, 2.45) is 5.92 Å². The van der Waals surface area contributed by atoms with Crippen LogP contribution in [0.5, 0.6) is 5.75 Å². The summed E-state index contributed by atoms with van der Waals surface area (Å²) in [5.41, 5.74) is 1.51. The van der Waals surface area contributed by atoms with Gasteiger partial charge < -0.3 is 14.4 Å². The molecule has 1 aromatic carbocycles. The van der Waals surface area contributed by atoms with E-state index >= 15 is 0 Å². The number of fused-ring (bicyclic) bond motifs is 1. The van der Waals surface area contributed by atoms with Crippen LogP contribution in [0.1, 0.15) is 30.9 Å². The summed E-state index contributed by atoms with van der Waals surface area (Å²) in [5.74, 6) is -0.960. The predicted molar refractivity (Wildman–Crippen MR) is 80.7 cm³/mol. The van der Waals surface area contributed by atoms with E-state index in [1.165, 1.54) is 11.0 Å². The van der Waals surface area contributed by atoms with Gasteiger partial charge in [0, 0.05) is 30.9 Å². The van der Waals surface area contributed by atoms with E-state index in [1.807, 2.05) is 0 Å². The molecule has 2 aliphatic heterocycles. The molecule has 2 aliphatic rings. The second kappa shape index (κ2) is 6.18. The minimum Gasteiger partial charge on any atom is -0.493 e. The van der Waals surface area contributed by atoms with Gasteiger partial charge in [0.25, 0.3) is 0 Å². The largest absolute Gasteiger partial charge is 0.493 e. The highest BCUT2D eigenvalue weighted by atomic mass is 19.1. The summed E-state index contributed by atoms with van der Waals surface area (Å²) < 4.78 is 24.7. The topological polar surface area (TPSA) is 55.8 Å². The zero-order chi connectivity index (χ0) is 16.6. The lowest BCUT2D eigenvalue weighted by Gasteiger charge is -2.16. The average molecular weight is 321 g/mol. The van der Waals surface area contributed by atoms with Gasteiger partial charge in [-0.25, -0.2) is 4.39 Å². The summed E-state index contributed by atoms with van der Waals surface area (Å²) in [6.45, 7) is 4.59. The molecule has 2 atom stereocenters. The Morgan fingerprint density at radius 1 is 1.48 bits per heavy atom. The van der Waals surface area contributed by atoms with Gasteiger partial charge >= 0.3 is 5.97 Å². The number of hydrogen-bond donors (Lipinski definition) is 0. The first-order chi connectivity index (χ1) is 11.0. The van der Waals surface area contributed by atoms with Crippen LogP contribution >= 0.6 is 0 Å².